The highest BCUT2D eigenvalue weighted by Crippen LogP contribution is 2.48. The lowest BCUT2D eigenvalue weighted by Crippen LogP contribution is -2.16. The zero-order valence-electron chi connectivity index (χ0n) is 9.73. The standard InChI is InChI=1S/C13H26/c1-4-6-9-13(8-5-2)10-7-12(3)11-13/h12H,4-11H2,1-3H3. The molecule has 0 amide bonds. The fourth-order valence-electron chi connectivity index (χ4n) is 3.16. The van der Waals surface area contributed by atoms with Gasteiger partial charge in [-0.2, -0.15) is 0 Å². The molecule has 0 spiro atoms. The van der Waals surface area contributed by atoms with Gasteiger partial charge in [0.1, 0.15) is 0 Å². The Kier molecular flexibility index (Phi) is 4.28. The lowest BCUT2D eigenvalue weighted by atomic mass is 9.77. The minimum Gasteiger partial charge on any atom is -0.0654 e. The van der Waals surface area contributed by atoms with E-state index in [-0.39, 0.29) is 0 Å². The molecule has 0 nitrogen and oxygen atoms in total. The predicted octanol–water partition coefficient (Wildman–Crippen LogP) is 4.78. The summed E-state index contributed by atoms with van der Waals surface area (Å²) < 4.78 is 0. The van der Waals surface area contributed by atoms with Gasteiger partial charge in [0.2, 0.25) is 0 Å². The van der Waals surface area contributed by atoms with Crippen LogP contribution in [-0.4, -0.2) is 0 Å². The van der Waals surface area contributed by atoms with Gasteiger partial charge in [-0.3, -0.25) is 0 Å². The van der Waals surface area contributed by atoms with E-state index in [1.807, 2.05) is 0 Å². The number of unbranched alkanes of at least 4 members (excludes halogenated alkanes) is 1. The molecule has 0 aromatic rings. The Labute approximate surface area is 84.1 Å². The number of rotatable bonds is 5. The van der Waals surface area contributed by atoms with Crippen LogP contribution in [0.3, 0.4) is 0 Å². The van der Waals surface area contributed by atoms with E-state index < -0.39 is 0 Å². The first kappa shape index (κ1) is 11.1. The molecule has 2 atom stereocenters. The van der Waals surface area contributed by atoms with Crippen molar-refractivity contribution in [2.45, 2.75) is 72.1 Å². The van der Waals surface area contributed by atoms with E-state index in [1.165, 1.54) is 51.4 Å². The molecule has 0 heterocycles. The van der Waals surface area contributed by atoms with Gasteiger partial charge in [0.05, 0.1) is 0 Å². The van der Waals surface area contributed by atoms with E-state index >= 15 is 0 Å². The molecule has 78 valence electrons. The molecule has 13 heavy (non-hydrogen) atoms. The molecule has 2 unspecified atom stereocenters. The van der Waals surface area contributed by atoms with Crippen molar-refractivity contribution in [3.8, 4) is 0 Å². The van der Waals surface area contributed by atoms with Crippen molar-refractivity contribution in [1.29, 1.82) is 0 Å². The Morgan fingerprint density at radius 3 is 2.38 bits per heavy atom. The van der Waals surface area contributed by atoms with Crippen LogP contribution >= 0.6 is 0 Å². The van der Waals surface area contributed by atoms with Crippen molar-refractivity contribution in [2.75, 3.05) is 0 Å². The van der Waals surface area contributed by atoms with Crippen molar-refractivity contribution in [3.63, 3.8) is 0 Å². The highest BCUT2D eigenvalue weighted by molar-refractivity contribution is 4.87. The highest BCUT2D eigenvalue weighted by Gasteiger charge is 2.35. The second kappa shape index (κ2) is 5.02. The Balaban J connectivity index is 2.44. The Bertz CT molecular complexity index is 135. The maximum atomic E-state index is 2.43. The zero-order valence-corrected chi connectivity index (χ0v) is 9.73. The van der Waals surface area contributed by atoms with Gasteiger partial charge in [0.15, 0.2) is 0 Å². The molecule has 0 radical (unpaired) electrons. The van der Waals surface area contributed by atoms with Gasteiger partial charge < -0.3 is 0 Å². The normalized spacial score (nSPS) is 33.9. The first-order valence-corrected chi connectivity index (χ1v) is 6.22. The Morgan fingerprint density at radius 1 is 1.15 bits per heavy atom. The minimum atomic E-state index is 0.768. The van der Waals surface area contributed by atoms with E-state index in [1.54, 1.807) is 0 Å². The van der Waals surface area contributed by atoms with Crippen molar-refractivity contribution in [1.82, 2.24) is 0 Å². The fraction of sp³-hybridized carbons (Fsp3) is 1.00. The van der Waals surface area contributed by atoms with Crippen LogP contribution in [0.4, 0.5) is 0 Å². The molecule has 1 fully saturated rings. The van der Waals surface area contributed by atoms with E-state index in [0.717, 1.165) is 11.3 Å². The molecule has 0 heteroatoms. The molecule has 1 aliphatic rings. The van der Waals surface area contributed by atoms with Crippen LogP contribution in [0.2, 0.25) is 0 Å². The smallest absolute Gasteiger partial charge is 0.0295 e. The largest absolute Gasteiger partial charge is 0.0654 e. The van der Waals surface area contributed by atoms with Gasteiger partial charge in [-0.1, -0.05) is 46.5 Å². The molecule has 0 N–H and O–H groups in total. The predicted molar refractivity (Wildman–Crippen MR) is 59.9 cm³/mol. The average Bonchev–Trinajstić information content (AvgIpc) is 2.46. The second-order valence-corrected chi connectivity index (χ2v) is 5.20. The second-order valence-electron chi connectivity index (χ2n) is 5.20. The van der Waals surface area contributed by atoms with Crippen LogP contribution in [0.1, 0.15) is 72.1 Å². The molecule has 1 rings (SSSR count). The first-order chi connectivity index (χ1) is 6.22. The summed E-state index contributed by atoms with van der Waals surface area (Å²) in [6.07, 6.45) is 11.7. The van der Waals surface area contributed by atoms with Crippen molar-refractivity contribution in [2.24, 2.45) is 11.3 Å². The van der Waals surface area contributed by atoms with Crippen molar-refractivity contribution < 1.29 is 0 Å². The fourth-order valence-corrected chi connectivity index (χ4v) is 3.16. The summed E-state index contributed by atoms with van der Waals surface area (Å²) in [6.45, 7) is 7.10. The summed E-state index contributed by atoms with van der Waals surface area (Å²) in [5.74, 6) is 1.00. The van der Waals surface area contributed by atoms with E-state index in [2.05, 4.69) is 20.8 Å². The van der Waals surface area contributed by atoms with E-state index in [0.29, 0.717) is 0 Å². The lowest BCUT2D eigenvalue weighted by Gasteiger charge is -2.29. The topological polar surface area (TPSA) is 0 Å². The molecule has 0 aromatic carbocycles. The van der Waals surface area contributed by atoms with Crippen LogP contribution in [0, 0.1) is 11.3 Å². The van der Waals surface area contributed by atoms with Gasteiger partial charge in [-0.05, 0) is 37.0 Å². The molecule has 0 bridgehead atoms. The molecular formula is C13H26. The summed E-state index contributed by atoms with van der Waals surface area (Å²) in [6, 6.07) is 0. The summed E-state index contributed by atoms with van der Waals surface area (Å²) in [5, 5.41) is 0. The van der Waals surface area contributed by atoms with Crippen LogP contribution in [-0.2, 0) is 0 Å². The van der Waals surface area contributed by atoms with Crippen LogP contribution < -0.4 is 0 Å². The third kappa shape index (κ3) is 3.00. The number of hydrogen-bond acceptors (Lipinski definition) is 0. The van der Waals surface area contributed by atoms with Crippen LogP contribution in [0.15, 0.2) is 0 Å². The van der Waals surface area contributed by atoms with Gasteiger partial charge in [0.25, 0.3) is 0 Å². The SMILES string of the molecule is CCCCC1(CCC)CCC(C)C1. The van der Waals surface area contributed by atoms with Crippen molar-refractivity contribution >= 4 is 0 Å². The summed E-state index contributed by atoms with van der Waals surface area (Å²) in [5.41, 5.74) is 0.768. The number of hydrogen-bond donors (Lipinski definition) is 0. The first-order valence-electron chi connectivity index (χ1n) is 6.22. The molecule has 0 aliphatic heterocycles. The Hall–Kier alpha value is 0. The molecule has 1 saturated carbocycles. The van der Waals surface area contributed by atoms with E-state index in [9.17, 15) is 0 Å². The van der Waals surface area contributed by atoms with Gasteiger partial charge in [-0.25, -0.2) is 0 Å². The maximum Gasteiger partial charge on any atom is -0.0295 e. The van der Waals surface area contributed by atoms with Crippen molar-refractivity contribution in [3.05, 3.63) is 0 Å². The lowest BCUT2D eigenvalue weighted by molar-refractivity contribution is 0.230. The molecule has 0 saturated heterocycles. The maximum absolute atomic E-state index is 2.43. The van der Waals surface area contributed by atoms with Gasteiger partial charge in [0, 0.05) is 0 Å². The highest BCUT2D eigenvalue weighted by atomic mass is 14.4. The average molecular weight is 182 g/mol. The quantitative estimate of drug-likeness (QED) is 0.574. The van der Waals surface area contributed by atoms with E-state index in [4.69, 9.17) is 0 Å². The summed E-state index contributed by atoms with van der Waals surface area (Å²) in [7, 11) is 0. The minimum absolute atomic E-state index is 0.768. The Morgan fingerprint density at radius 2 is 1.92 bits per heavy atom. The third-order valence-corrected chi connectivity index (χ3v) is 3.79. The monoisotopic (exact) mass is 182 g/mol. The summed E-state index contributed by atoms with van der Waals surface area (Å²) >= 11 is 0. The molecule has 1 aliphatic carbocycles. The van der Waals surface area contributed by atoms with Crippen LogP contribution in [0.5, 0.6) is 0 Å². The molecular weight excluding hydrogens is 156 g/mol. The van der Waals surface area contributed by atoms with Gasteiger partial charge in [-0.15, -0.1) is 0 Å². The van der Waals surface area contributed by atoms with Crippen LogP contribution in [0.25, 0.3) is 0 Å². The third-order valence-electron chi connectivity index (χ3n) is 3.79. The zero-order chi connectivity index (χ0) is 9.73. The summed E-state index contributed by atoms with van der Waals surface area (Å²) in [4.78, 5) is 0. The van der Waals surface area contributed by atoms with Gasteiger partial charge >= 0.3 is 0 Å². The molecule has 0 aromatic heterocycles.